The predicted molar refractivity (Wildman–Crippen MR) is 107 cm³/mol. The molecule has 3 N–H and O–H groups in total. The molecule has 6 unspecified atom stereocenters. The van der Waals surface area contributed by atoms with Crippen molar-refractivity contribution in [1.29, 1.82) is 0 Å². The zero-order chi connectivity index (χ0) is 23.1. The molecule has 1 saturated carbocycles. The SMILES string of the molecule is COc1cc(Br)cc(C2C3=CCC4C(=O)N(O)C(=O)C4C3CC3C(=O)N(O)C(=O)C32)c1O. The van der Waals surface area contributed by atoms with Gasteiger partial charge in [-0.1, -0.05) is 27.6 Å². The largest absolute Gasteiger partial charge is 0.504 e. The highest BCUT2D eigenvalue weighted by Gasteiger charge is 2.62. The number of rotatable bonds is 2. The number of methoxy groups -OCH3 is 1. The number of phenols is 1. The third-order valence-corrected chi connectivity index (χ3v) is 7.68. The van der Waals surface area contributed by atoms with E-state index in [1.807, 2.05) is 0 Å². The van der Waals surface area contributed by atoms with Crippen LogP contribution in [0.3, 0.4) is 0 Å². The summed E-state index contributed by atoms with van der Waals surface area (Å²) in [6, 6.07) is 3.15. The van der Waals surface area contributed by atoms with Crippen molar-refractivity contribution < 1.29 is 39.4 Å². The summed E-state index contributed by atoms with van der Waals surface area (Å²) in [5, 5.41) is 31.1. The third kappa shape index (κ3) is 2.64. The van der Waals surface area contributed by atoms with Gasteiger partial charge in [-0.05, 0) is 30.9 Å². The number of imide groups is 2. The van der Waals surface area contributed by atoms with Gasteiger partial charge in [0.15, 0.2) is 11.5 Å². The van der Waals surface area contributed by atoms with Crippen LogP contribution in [0.2, 0.25) is 0 Å². The van der Waals surface area contributed by atoms with E-state index in [-0.39, 0.29) is 34.5 Å². The quantitative estimate of drug-likeness (QED) is 0.311. The number of ether oxygens (including phenoxy) is 1. The van der Waals surface area contributed by atoms with Crippen molar-refractivity contribution in [3.8, 4) is 11.5 Å². The van der Waals surface area contributed by atoms with Crippen LogP contribution in [0.4, 0.5) is 0 Å². The average molecular weight is 507 g/mol. The molecule has 0 spiro atoms. The smallest absolute Gasteiger partial charge is 0.258 e. The van der Waals surface area contributed by atoms with Crippen molar-refractivity contribution in [3.63, 3.8) is 0 Å². The van der Waals surface area contributed by atoms with E-state index in [2.05, 4.69) is 15.9 Å². The molecule has 0 aromatic heterocycles. The Morgan fingerprint density at radius 1 is 0.938 bits per heavy atom. The second-order valence-electron chi connectivity index (χ2n) is 8.55. The minimum atomic E-state index is -0.992. The van der Waals surface area contributed by atoms with Crippen LogP contribution in [0.5, 0.6) is 11.5 Å². The van der Waals surface area contributed by atoms with E-state index >= 15 is 0 Å². The van der Waals surface area contributed by atoms with Gasteiger partial charge < -0.3 is 9.84 Å². The van der Waals surface area contributed by atoms with Crippen LogP contribution in [-0.4, -0.2) is 56.4 Å². The van der Waals surface area contributed by atoms with E-state index in [1.165, 1.54) is 7.11 Å². The molecular weight excluding hydrogens is 488 g/mol. The van der Waals surface area contributed by atoms with Crippen molar-refractivity contribution in [2.45, 2.75) is 18.8 Å². The first-order valence-electron chi connectivity index (χ1n) is 10.1. The number of phenolic OH excluding ortho intramolecular Hbond substituents is 1. The second kappa shape index (κ2) is 7.12. The van der Waals surface area contributed by atoms with Gasteiger partial charge in [0.2, 0.25) is 0 Å². The van der Waals surface area contributed by atoms with Crippen molar-refractivity contribution in [1.82, 2.24) is 10.1 Å². The minimum absolute atomic E-state index is 0.0640. The number of fused-ring (bicyclic) bond motifs is 4. The lowest BCUT2D eigenvalue weighted by Gasteiger charge is -2.43. The Bertz CT molecular complexity index is 1120. The Morgan fingerprint density at radius 2 is 1.56 bits per heavy atom. The zero-order valence-corrected chi connectivity index (χ0v) is 18.4. The summed E-state index contributed by atoms with van der Waals surface area (Å²) in [6.45, 7) is 0. The van der Waals surface area contributed by atoms with Gasteiger partial charge in [-0.25, -0.2) is 0 Å². The first-order chi connectivity index (χ1) is 15.2. The van der Waals surface area contributed by atoms with Crippen molar-refractivity contribution in [2.24, 2.45) is 29.6 Å². The maximum Gasteiger partial charge on any atom is 0.258 e. The number of carbonyl (C=O) groups is 4. The second-order valence-corrected chi connectivity index (χ2v) is 9.46. The summed E-state index contributed by atoms with van der Waals surface area (Å²) in [5.74, 6) is -8.15. The summed E-state index contributed by atoms with van der Waals surface area (Å²) in [5.41, 5.74) is 0.922. The third-order valence-electron chi connectivity index (χ3n) is 7.23. The standard InChI is InChI=1S/C21H19BrN2O8/c1-32-13-5-7(22)4-11(17(13)25)14-8-2-3-9-15(20(28)23(30)18(9)26)10(8)6-12-16(14)21(29)24(31)19(12)27/h2,4-5,9-10,12,14-16,25,30-31H,3,6H2,1H3. The summed E-state index contributed by atoms with van der Waals surface area (Å²) < 4.78 is 5.80. The average Bonchev–Trinajstić information content (AvgIpc) is 3.13. The maximum absolute atomic E-state index is 12.9. The molecule has 3 fully saturated rings. The minimum Gasteiger partial charge on any atom is -0.504 e. The van der Waals surface area contributed by atoms with E-state index in [9.17, 15) is 34.7 Å². The first-order valence-corrected chi connectivity index (χ1v) is 10.9. The number of nitrogens with zero attached hydrogens (tertiary/aromatic N) is 2. The van der Waals surface area contributed by atoms with E-state index in [4.69, 9.17) is 4.74 Å². The van der Waals surface area contributed by atoms with Crippen molar-refractivity contribution in [3.05, 3.63) is 33.8 Å². The summed E-state index contributed by atoms with van der Waals surface area (Å²) in [7, 11) is 1.38. The maximum atomic E-state index is 12.9. The molecular formula is C21H19BrN2O8. The van der Waals surface area contributed by atoms with E-state index in [1.54, 1.807) is 18.2 Å². The summed E-state index contributed by atoms with van der Waals surface area (Å²) in [4.78, 5) is 50.7. The molecule has 2 saturated heterocycles. The number of allylic oxidation sites excluding steroid dienone is 2. The van der Waals surface area contributed by atoms with Gasteiger partial charge in [-0.3, -0.25) is 29.6 Å². The van der Waals surface area contributed by atoms with Gasteiger partial charge in [0, 0.05) is 16.0 Å². The van der Waals surface area contributed by atoms with Gasteiger partial charge >= 0.3 is 0 Å². The summed E-state index contributed by atoms with van der Waals surface area (Å²) >= 11 is 3.36. The molecule has 10 nitrogen and oxygen atoms in total. The van der Waals surface area contributed by atoms with Crippen LogP contribution < -0.4 is 4.74 Å². The highest BCUT2D eigenvalue weighted by Crippen LogP contribution is 2.59. The van der Waals surface area contributed by atoms with Crippen molar-refractivity contribution in [2.75, 3.05) is 7.11 Å². The van der Waals surface area contributed by atoms with Crippen LogP contribution in [0, 0.1) is 29.6 Å². The molecule has 5 rings (SSSR count). The van der Waals surface area contributed by atoms with Crippen LogP contribution in [0.15, 0.2) is 28.3 Å². The molecule has 2 heterocycles. The molecule has 2 aliphatic carbocycles. The van der Waals surface area contributed by atoms with Gasteiger partial charge in [0.1, 0.15) is 0 Å². The fourth-order valence-electron chi connectivity index (χ4n) is 5.89. The topological polar surface area (TPSA) is 145 Å². The molecule has 4 aliphatic rings. The lowest BCUT2D eigenvalue weighted by Crippen LogP contribution is -2.43. The molecule has 6 atom stereocenters. The monoisotopic (exact) mass is 506 g/mol. The number of aromatic hydroxyl groups is 1. The predicted octanol–water partition coefficient (Wildman–Crippen LogP) is 1.58. The van der Waals surface area contributed by atoms with Crippen LogP contribution >= 0.6 is 15.9 Å². The van der Waals surface area contributed by atoms with E-state index in [0.717, 1.165) is 0 Å². The Balaban J connectivity index is 1.71. The highest BCUT2D eigenvalue weighted by atomic mass is 79.9. The lowest BCUT2D eigenvalue weighted by atomic mass is 9.57. The molecule has 168 valence electrons. The number of hydroxylamine groups is 4. The first kappa shape index (κ1) is 21.1. The van der Waals surface area contributed by atoms with Crippen LogP contribution in [0.1, 0.15) is 24.3 Å². The number of hydrogen-bond acceptors (Lipinski definition) is 8. The van der Waals surface area contributed by atoms with E-state index in [0.29, 0.717) is 15.6 Å². The van der Waals surface area contributed by atoms with Gasteiger partial charge in [-0.2, -0.15) is 10.1 Å². The van der Waals surface area contributed by atoms with Gasteiger partial charge in [0.25, 0.3) is 23.6 Å². The number of hydrogen-bond donors (Lipinski definition) is 3. The fourth-order valence-corrected chi connectivity index (χ4v) is 6.35. The molecule has 1 aromatic carbocycles. The molecule has 2 aliphatic heterocycles. The van der Waals surface area contributed by atoms with Gasteiger partial charge in [0.05, 0.1) is 30.8 Å². The molecule has 4 amide bonds. The zero-order valence-electron chi connectivity index (χ0n) is 16.8. The Labute approximate surface area is 190 Å². The Morgan fingerprint density at radius 3 is 2.22 bits per heavy atom. The van der Waals surface area contributed by atoms with Gasteiger partial charge in [-0.15, -0.1) is 0 Å². The number of carbonyl (C=O) groups excluding carboxylic acids is 4. The van der Waals surface area contributed by atoms with E-state index < -0.39 is 59.1 Å². The fraction of sp³-hybridized carbons (Fsp3) is 0.429. The Kier molecular flexibility index (Phi) is 4.70. The molecule has 32 heavy (non-hydrogen) atoms. The highest BCUT2D eigenvalue weighted by molar-refractivity contribution is 9.10. The molecule has 11 heteroatoms. The van der Waals surface area contributed by atoms with Crippen LogP contribution in [0.25, 0.3) is 0 Å². The summed E-state index contributed by atoms with van der Waals surface area (Å²) in [6.07, 6.45) is 1.99. The number of amides is 4. The molecule has 0 radical (unpaired) electrons. The van der Waals surface area contributed by atoms with Crippen LogP contribution in [-0.2, 0) is 19.2 Å². The normalized spacial score (nSPS) is 33.8. The Hall–Kier alpha value is -2.76. The lowest BCUT2D eigenvalue weighted by molar-refractivity contribution is -0.174. The molecule has 0 bridgehead atoms. The number of halogens is 1. The number of benzene rings is 1. The molecule has 1 aromatic rings. The van der Waals surface area contributed by atoms with Crippen molar-refractivity contribution >= 4 is 39.6 Å².